The van der Waals surface area contributed by atoms with Gasteiger partial charge >= 0.3 is 6.18 Å². The maximum atomic E-state index is 13.3. The third-order valence-corrected chi connectivity index (χ3v) is 5.54. The summed E-state index contributed by atoms with van der Waals surface area (Å²) in [6.45, 7) is 0.688. The third-order valence-electron chi connectivity index (χ3n) is 4.48. The number of anilines is 2. The number of amides is 1. The Bertz CT molecular complexity index is 1050. The van der Waals surface area contributed by atoms with Crippen molar-refractivity contribution in [1.29, 1.82) is 0 Å². The van der Waals surface area contributed by atoms with Crippen LogP contribution in [0.5, 0.6) is 0 Å². The molecule has 0 saturated heterocycles. The molecular weight excluding hydrogens is 447 g/mol. The zero-order valence-electron chi connectivity index (χ0n) is 17.0. The molecular formula is C22H21ClF3N3OS. The van der Waals surface area contributed by atoms with Crippen LogP contribution in [-0.2, 0) is 11.0 Å². The summed E-state index contributed by atoms with van der Waals surface area (Å²) in [4.78, 5) is 20.8. The maximum absolute atomic E-state index is 13.3. The van der Waals surface area contributed by atoms with Gasteiger partial charge in [0.2, 0.25) is 5.91 Å². The van der Waals surface area contributed by atoms with E-state index in [1.807, 2.05) is 25.1 Å². The molecule has 0 unspecified atom stereocenters. The lowest BCUT2D eigenvalue weighted by Crippen LogP contribution is -2.27. The summed E-state index contributed by atoms with van der Waals surface area (Å²) < 4.78 is 39.8. The molecule has 4 nitrogen and oxygen atoms in total. The van der Waals surface area contributed by atoms with Crippen molar-refractivity contribution < 1.29 is 18.0 Å². The van der Waals surface area contributed by atoms with Crippen LogP contribution in [0.3, 0.4) is 0 Å². The van der Waals surface area contributed by atoms with Gasteiger partial charge in [-0.25, -0.2) is 4.98 Å². The van der Waals surface area contributed by atoms with Crippen molar-refractivity contribution in [2.75, 3.05) is 25.5 Å². The van der Waals surface area contributed by atoms with Gasteiger partial charge in [0.1, 0.15) is 0 Å². The van der Waals surface area contributed by atoms with Gasteiger partial charge < -0.3 is 4.90 Å². The molecule has 9 heteroatoms. The van der Waals surface area contributed by atoms with Crippen LogP contribution in [0.4, 0.5) is 24.0 Å². The number of benzene rings is 2. The minimum Gasteiger partial charge on any atom is -0.309 e. The van der Waals surface area contributed by atoms with Crippen molar-refractivity contribution in [1.82, 2.24) is 9.88 Å². The molecule has 3 aromatic rings. The van der Waals surface area contributed by atoms with Gasteiger partial charge in [0, 0.05) is 22.4 Å². The number of thiazole rings is 1. The number of nitrogens with zero attached hydrogens (tertiary/aromatic N) is 3. The molecule has 0 bridgehead atoms. The summed E-state index contributed by atoms with van der Waals surface area (Å²) in [6, 6.07) is 11.8. The molecule has 0 fully saturated rings. The van der Waals surface area contributed by atoms with E-state index in [9.17, 15) is 18.0 Å². The summed E-state index contributed by atoms with van der Waals surface area (Å²) in [7, 11) is 3.79. The van der Waals surface area contributed by atoms with Crippen molar-refractivity contribution in [3.63, 3.8) is 0 Å². The average molecular weight is 468 g/mol. The average Bonchev–Trinajstić information content (AvgIpc) is 3.17. The normalized spacial score (nSPS) is 11.7. The molecule has 31 heavy (non-hydrogen) atoms. The van der Waals surface area contributed by atoms with Crippen LogP contribution >= 0.6 is 22.9 Å². The summed E-state index contributed by atoms with van der Waals surface area (Å²) in [5.41, 5.74) is 0.680. The Morgan fingerprint density at radius 3 is 2.55 bits per heavy atom. The fraction of sp³-hybridized carbons (Fsp3) is 0.273. The van der Waals surface area contributed by atoms with Gasteiger partial charge in [-0.1, -0.05) is 29.8 Å². The second-order valence-corrected chi connectivity index (χ2v) is 8.48. The van der Waals surface area contributed by atoms with Crippen LogP contribution in [0, 0.1) is 0 Å². The smallest absolute Gasteiger partial charge is 0.309 e. The van der Waals surface area contributed by atoms with Gasteiger partial charge in [0.25, 0.3) is 0 Å². The molecule has 3 rings (SSSR count). The van der Waals surface area contributed by atoms with Crippen molar-refractivity contribution in [2.45, 2.75) is 19.0 Å². The van der Waals surface area contributed by atoms with E-state index in [0.717, 1.165) is 17.7 Å². The Kier molecular flexibility index (Phi) is 7.35. The van der Waals surface area contributed by atoms with Crippen LogP contribution in [0.15, 0.2) is 53.9 Å². The Labute approximate surface area is 187 Å². The summed E-state index contributed by atoms with van der Waals surface area (Å²) >= 11 is 7.25. The minimum absolute atomic E-state index is 0.136. The number of rotatable bonds is 7. The Hall–Kier alpha value is -2.42. The predicted molar refractivity (Wildman–Crippen MR) is 119 cm³/mol. The number of carbonyl (C=O) groups is 1. The molecule has 0 aliphatic rings. The number of hydrogen-bond donors (Lipinski definition) is 0. The standard InChI is InChI=1S/C22H21ClF3N3OS/c1-28(2)11-5-10-20(30)29(18-9-4-7-16(13-18)22(24,25)26)21-27-19(14-31-21)15-6-3-8-17(23)12-15/h3-4,6-9,12-14H,5,10-11H2,1-2H3. The van der Waals surface area contributed by atoms with E-state index < -0.39 is 11.7 Å². The summed E-state index contributed by atoms with van der Waals surface area (Å²) in [5, 5.41) is 2.61. The van der Waals surface area contributed by atoms with E-state index in [4.69, 9.17) is 11.6 Å². The largest absolute Gasteiger partial charge is 0.416 e. The van der Waals surface area contributed by atoms with E-state index in [1.165, 1.54) is 28.4 Å². The topological polar surface area (TPSA) is 36.4 Å². The number of aromatic nitrogens is 1. The van der Waals surface area contributed by atoms with E-state index in [-0.39, 0.29) is 18.0 Å². The molecule has 0 aliphatic heterocycles. The first kappa shape index (κ1) is 23.2. The summed E-state index contributed by atoms with van der Waals surface area (Å²) in [6.07, 6.45) is -3.75. The third kappa shape index (κ3) is 6.06. The van der Waals surface area contributed by atoms with E-state index in [0.29, 0.717) is 28.8 Å². The molecule has 0 aliphatic carbocycles. The van der Waals surface area contributed by atoms with Crippen LogP contribution in [0.1, 0.15) is 18.4 Å². The molecule has 0 saturated carbocycles. The quantitative estimate of drug-likeness (QED) is 0.398. The first-order valence-corrected chi connectivity index (χ1v) is 10.8. The fourth-order valence-electron chi connectivity index (χ4n) is 2.99. The molecule has 1 heterocycles. The predicted octanol–water partition coefficient (Wildman–Crippen LogP) is 6.49. The molecule has 164 valence electrons. The highest BCUT2D eigenvalue weighted by Crippen LogP contribution is 2.36. The second-order valence-electron chi connectivity index (χ2n) is 7.21. The van der Waals surface area contributed by atoms with Crippen molar-refractivity contribution >= 4 is 39.7 Å². The van der Waals surface area contributed by atoms with Crippen molar-refractivity contribution in [2.24, 2.45) is 0 Å². The summed E-state index contributed by atoms with van der Waals surface area (Å²) in [5.74, 6) is -0.312. The number of halogens is 4. The first-order valence-electron chi connectivity index (χ1n) is 9.51. The lowest BCUT2D eigenvalue weighted by molar-refractivity contribution is -0.137. The van der Waals surface area contributed by atoms with Gasteiger partial charge in [-0.05, 0) is 57.4 Å². The second kappa shape index (κ2) is 9.80. The lowest BCUT2D eigenvalue weighted by Gasteiger charge is -2.21. The van der Waals surface area contributed by atoms with Crippen LogP contribution < -0.4 is 4.90 Å². The zero-order chi connectivity index (χ0) is 22.6. The van der Waals surface area contributed by atoms with Crippen molar-refractivity contribution in [3.05, 3.63) is 64.5 Å². The van der Waals surface area contributed by atoms with E-state index in [2.05, 4.69) is 4.98 Å². The number of hydrogen-bond acceptors (Lipinski definition) is 4. The first-order chi connectivity index (χ1) is 14.6. The molecule has 1 amide bonds. The Morgan fingerprint density at radius 2 is 1.87 bits per heavy atom. The number of alkyl halides is 3. The van der Waals surface area contributed by atoms with Gasteiger partial charge in [0.15, 0.2) is 5.13 Å². The van der Waals surface area contributed by atoms with Crippen LogP contribution in [0.25, 0.3) is 11.3 Å². The fourth-order valence-corrected chi connectivity index (χ4v) is 4.05. The van der Waals surface area contributed by atoms with Gasteiger partial charge in [-0.2, -0.15) is 13.2 Å². The highest BCUT2D eigenvalue weighted by Gasteiger charge is 2.32. The van der Waals surface area contributed by atoms with Crippen LogP contribution in [-0.4, -0.2) is 36.4 Å². The Balaban J connectivity index is 1.98. The molecule has 0 spiro atoms. The minimum atomic E-state index is -4.51. The molecule has 0 atom stereocenters. The van der Waals surface area contributed by atoms with Crippen molar-refractivity contribution in [3.8, 4) is 11.3 Å². The molecule has 2 aromatic carbocycles. The zero-order valence-corrected chi connectivity index (χ0v) is 18.6. The molecule has 0 radical (unpaired) electrons. The lowest BCUT2D eigenvalue weighted by atomic mass is 10.1. The molecule has 0 N–H and O–H groups in total. The van der Waals surface area contributed by atoms with Crippen LogP contribution in [0.2, 0.25) is 5.02 Å². The monoisotopic (exact) mass is 467 g/mol. The highest BCUT2D eigenvalue weighted by atomic mass is 35.5. The maximum Gasteiger partial charge on any atom is 0.416 e. The van der Waals surface area contributed by atoms with Gasteiger partial charge in [-0.15, -0.1) is 11.3 Å². The van der Waals surface area contributed by atoms with E-state index in [1.54, 1.807) is 23.6 Å². The Morgan fingerprint density at radius 1 is 1.13 bits per heavy atom. The van der Waals surface area contributed by atoms with Gasteiger partial charge in [0.05, 0.1) is 16.9 Å². The van der Waals surface area contributed by atoms with E-state index >= 15 is 0 Å². The SMILES string of the molecule is CN(C)CCCC(=O)N(c1cccc(C(F)(F)F)c1)c1nc(-c2cccc(Cl)c2)cs1. The molecule has 1 aromatic heterocycles. The van der Waals surface area contributed by atoms with Gasteiger partial charge in [-0.3, -0.25) is 9.69 Å². The number of carbonyl (C=O) groups excluding carboxylic acids is 1. The highest BCUT2D eigenvalue weighted by molar-refractivity contribution is 7.14.